The van der Waals surface area contributed by atoms with E-state index < -0.39 is 29.9 Å². The van der Waals surface area contributed by atoms with Gasteiger partial charge in [-0.15, -0.1) is 0 Å². The summed E-state index contributed by atoms with van der Waals surface area (Å²) in [6.07, 6.45) is 3.04. The maximum atomic E-state index is 13.1. The molecule has 0 unspecified atom stereocenters. The van der Waals surface area contributed by atoms with Crippen molar-refractivity contribution in [2.45, 2.75) is 77.7 Å². The summed E-state index contributed by atoms with van der Waals surface area (Å²) >= 11 is 0. The molecule has 3 aromatic rings. The zero-order chi connectivity index (χ0) is 29.1. The van der Waals surface area contributed by atoms with Crippen molar-refractivity contribution < 1.29 is 19.4 Å². The summed E-state index contributed by atoms with van der Waals surface area (Å²) in [5.74, 6) is -0.289. The van der Waals surface area contributed by atoms with Crippen LogP contribution >= 0.6 is 0 Å². The van der Waals surface area contributed by atoms with Gasteiger partial charge in [0.1, 0.15) is 5.60 Å². The van der Waals surface area contributed by atoms with Gasteiger partial charge in [0.2, 0.25) is 5.91 Å². The van der Waals surface area contributed by atoms with Gasteiger partial charge >= 0.3 is 6.09 Å². The van der Waals surface area contributed by atoms with Gasteiger partial charge in [0.05, 0.1) is 12.1 Å². The molecule has 0 aliphatic carbocycles. The lowest BCUT2D eigenvalue weighted by atomic mass is 9.93. The fourth-order valence-electron chi connectivity index (χ4n) is 4.65. The molecule has 6 heteroatoms. The summed E-state index contributed by atoms with van der Waals surface area (Å²) in [4.78, 5) is 25.7. The lowest BCUT2D eigenvalue weighted by molar-refractivity contribution is -0.118. The topological polar surface area (TPSA) is 87.7 Å². The summed E-state index contributed by atoms with van der Waals surface area (Å²) < 4.78 is 5.49. The van der Waals surface area contributed by atoms with Crippen LogP contribution < -0.4 is 10.6 Å². The van der Waals surface area contributed by atoms with Crippen molar-refractivity contribution >= 4 is 18.1 Å². The number of nitrogens with one attached hydrogen (secondary N) is 2. The molecule has 3 rings (SSSR count). The van der Waals surface area contributed by atoms with Gasteiger partial charge in [-0.25, -0.2) is 4.79 Å². The van der Waals surface area contributed by atoms with E-state index >= 15 is 0 Å². The van der Waals surface area contributed by atoms with Crippen LogP contribution in [0.3, 0.4) is 0 Å². The number of ether oxygens (including phenoxy) is 1. The van der Waals surface area contributed by atoms with Gasteiger partial charge < -0.3 is 20.5 Å². The van der Waals surface area contributed by atoms with Gasteiger partial charge in [0.25, 0.3) is 0 Å². The number of aliphatic hydroxyl groups excluding tert-OH is 1. The molecule has 212 valence electrons. The molecule has 3 N–H and O–H groups in total. The first-order chi connectivity index (χ1) is 19.0. The molecule has 0 heterocycles. The molecule has 0 radical (unpaired) electrons. The third-order valence-electron chi connectivity index (χ3n) is 6.61. The third-order valence-corrected chi connectivity index (χ3v) is 6.61. The van der Waals surface area contributed by atoms with Crippen LogP contribution in [0.5, 0.6) is 0 Å². The average Bonchev–Trinajstić information content (AvgIpc) is 2.88. The molecule has 3 atom stereocenters. The predicted octanol–water partition coefficient (Wildman–Crippen LogP) is 5.93. The first-order valence-corrected chi connectivity index (χ1v) is 13.8. The predicted molar refractivity (Wildman–Crippen MR) is 161 cm³/mol. The normalized spacial score (nSPS) is 13.8. The SMILES string of the molecule is Cc1cccc(C)c1C=CC(=O)N[C@@H](Cc1ccccc1)[C@@H](O)C[C@H](Cc1ccccc1)NC(=O)OC(C)(C)C. The highest BCUT2D eigenvalue weighted by Gasteiger charge is 2.27. The number of aliphatic hydroxyl groups is 1. The Labute approximate surface area is 238 Å². The van der Waals surface area contributed by atoms with E-state index in [1.165, 1.54) is 6.08 Å². The Balaban J connectivity index is 1.79. The highest BCUT2D eigenvalue weighted by Crippen LogP contribution is 2.17. The number of aryl methyl sites for hydroxylation is 2. The molecule has 0 aliphatic rings. The summed E-state index contributed by atoms with van der Waals surface area (Å²) in [7, 11) is 0. The minimum Gasteiger partial charge on any atom is -0.444 e. The molecule has 3 aromatic carbocycles. The molecule has 6 nitrogen and oxygen atoms in total. The smallest absolute Gasteiger partial charge is 0.407 e. The molecule has 0 aliphatic heterocycles. The lowest BCUT2D eigenvalue weighted by Crippen LogP contribution is -2.49. The number of hydrogen-bond acceptors (Lipinski definition) is 4. The van der Waals surface area contributed by atoms with E-state index in [9.17, 15) is 14.7 Å². The van der Waals surface area contributed by atoms with Gasteiger partial charge in [-0.1, -0.05) is 78.9 Å². The van der Waals surface area contributed by atoms with Crippen LogP contribution in [-0.4, -0.2) is 40.9 Å². The number of carbonyl (C=O) groups is 2. The van der Waals surface area contributed by atoms with Crippen molar-refractivity contribution in [2.24, 2.45) is 0 Å². The highest BCUT2D eigenvalue weighted by atomic mass is 16.6. The van der Waals surface area contributed by atoms with Gasteiger partial charge in [0, 0.05) is 12.1 Å². The van der Waals surface area contributed by atoms with Crippen molar-refractivity contribution in [1.82, 2.24) is 10.6 Å². The summed E-state index contributed by atoms with van der Waals surface area (Å²) in [5, 5.41) is 17.4. The average molecular weight is 543 g/mol. The van der Waals surface area contributed by atoms with Crippen molar-refractivity contribution in [2.75, 3.05) is 0 Å². The molecule has 0 spiro atoms. The molecular formula is C34H42N2O4. The largest absolute Gasteiger partial charge is 0.444 e. The van der Waals surface area contributed by atoms with E-state index in [0.717, 1.165) is 27.8 Å². The number of hydrogen-bond donors (Lipinski definition) is 3. The third kappa shape index (κ3) is 10.3. The first-order valence-electron chi connectivity index (χ1n) is 13.8. The van der Waals surface area contributed by atoms with E-state index in [4.69, 9.17) is 4.74 Å². The maximum Gasteiger partial charge on any atom is 0.407 e. The molecule has 0 saturated carbocycles. The molecule has 0 aromatic heterocycles. The fourth-order valence-corrected chi connectivity index (χ4v) is 4.65. The summed E-state index contributed by atoms with van der Waals surface area (Å²) in [5.41, 5.74) is 4.54. The second-order valence-corrected chi connectivity index (χ2v) is 11.3. The van der Waals surface area contributed by atoms with Crippen molar-refractivity contribution in [3.05, 3.63) is 113 Å². The number of alkyl carbamates (subject to hydrolysis) is 1. The van der Waals surface area contributed by atoms with Crippen LogP contribution in [-0.2, 0) is 22.4 Å². The quantitative estimate of drug-likeness (QED) is 0.262. The van der Waals surface area contributed by atoms with Crippen LogP contribution in [0.1, 0.15) is 55.0 Å². The van der Waals surface area contributed by atoms with E-state index in [1.807, 2.05) is 120 Å². The van der Waals surface area contributed by atoms with Crippen LogP contribution in [0, 0.1) is 13.8 Å². The Morgan fingerprint density at radius 2 is 1.38 bits per heavy atom. The molecular weight excluding hydrogens is 500 g/mol. The standard InChI is InChI=1S/C34H42N2O4/c1-24-13-12-14-25(2)29(24)19-20-32(38)36-30(22-27-17-10-7-11-18-27)31(37)23-28(21-26-15-8-6-9-16-26)35-33(39)40-34(3,4)5/h6-20,28,30-31,37H,21-23H2,1-5H3,(H,35,39)(H,36,38)/t28-,30-,31-/m0/s1. The van der Waals surface area contributed by atoms with E-state index in [-0.39, 0.29) is 12.3 Å². The first kappa shape index (κ1) is 30.6. The zero-order valence-corrected chi connectivity index (χ0v) is 24.2. The number of amides is 2. The van der Waals surface area contributed by atoms with Gasteiger partial charge in [-0.05, 0) is 87.8 Å². The van der Waals surface area contributed by atoms with Crippen LogP contribution in [0.2, 0.25) is 0 Å². The van der Waals surface area contributed by atoms with Crippen LogP contribution in [0.25, 0.3) is 6.08 Å². The minimum absolute atomic E-state index is 0.229. The summed E-state index contributed by atoms with van der Waals surface area (Å²) in [6.45, 7) is 9.45. The Morgan fingerprint density at radius 3 is 1.93 bits per heavy atom. The van der Waals surface area contributed by atoms with E-state index in [0.29, 0.717) is 12.8 Å². The van der Waals surface area contributed by atoms with Crippen molar-refractivity contribution in [3.8, 4) is 0 Å². The Morgan fingerprint density at radius 1 is 0.825 bits per heavy atom. The van der Waals surface area contributed by atoms with Gasteiger partial charge in [-0.2, -0.15) is 0 Å². The van der Waals surface area contributed by atoms with Crippen LogP contribution in [0.15, 0.2) is 84.9 Å². The van der Waals surface area contributed by atoms with Crippen molar-refractivity contribution in [3.63, 3.8) is 0 Å². The van der Waals surface area contributed by atoms with Crippen molar-refractivity contribution in [1.29, 1.82) is 0 Å². The number of benzene rings is 3. The van der Waals surface area contributed by atoms with Gasteiger partial charge in [0.15, 0.2) is 0 Å². The Kier molecular flexibility index (Phi) is 11.1. The monoisotopic (exact) mass is 542 g/mol. The molecule has 0 bridgehead atoms. The molecule has 40 heavy (non-hydrogen) atoms. The minimum atomic E-state index is -0.929. The number of carbonyl (C=O) groups excluding carboxylic acids is 2. The highest BCUT2D eigenvalue weighted by molar-refractivity contribution is 5.92. The second kappa shape index (κ2) is 14.5. The summed E-state index contributed by atoms with van der Waals surface area (Å²) in [6, 6.07) is 24.6. The van der Waals surface area contributed by atoms with E-state index in [1.54, 1.807) is 0 Å². The number of rotatable bonds is 11. The molecule has 0 saturated heterocycles. The second-order valence-electron chi connectivity index (χ2n) is 11.3. The maximum absolute atomic E-state index is 13.1. The van der Waals surface area contributed by atoms with E-state index in [2.05, 4.69) is 10.6 Å². The molecule has 2 amide bonds. The van der Waals surface area contributed by atoms with Gasteiger partial charge in [-0.3, -0.25) is 4.79 Å². The Bertz CT molecular complexity index is 1250. The molecule has 0 fully saturated rings. The van der Waals surface area contributed by atoms with Crippen LogP contribution in [0.4, 0.5) is 4.79 Å². The zero-order valence-electron chi connectivity index (χ0n) is 24.2. The Hall–Kier alpha value is -3.90. The lowest BCUT2D eigenvalue weighted by Gasteiger charge is -2.29. The fraction of sp³-hybridized carbons (Fsp3) is 0.353.